The molecule has 0 unspecified atom stereocenters. The van der Waals surface area contributed by atoms with E-state index in [0.29, 0.717) is 18.0 Å². The van der Waals surface area contributed by atoms with Crippen molar-refractivity contribution in [1.82, 2.24) is 5.32 Å². The number of benzene rings is 2. The summed E-state index contributed by atoms with van der Waals surface area (Å²) in [4.78, 5) is 11.5. The van der Waals surface area contributed by atoms with Gasteiger partial charge in [-0.15, -0.1) is 0 Å². The van der Waals surface area contributed by atoms with Gasteiger partial charge in [-0.05, 0) is 30.2 Å². The van der Waals surface area contributed by atoms with E-state index in [2.05, 4.69) is 17.2 Å². The lowest BCUT2D eigenvalue weighted by Gasteiger charge is -2.05. The van der Waals surface area contributed by atoms with Crippen molar-refractivity contribution >= 4 is 17.7 Å². The Morgan fingerprint density at radius 1 is 1.22 bits per heavy atom. The lowest BCUT2D eigenvalue weighted by atomic mass is 10.1. The minimum atomic E-state index is -0.441. The molecule has 0 aliphatic carbocycles. The molecule has 0 spiro atoms. The molecule has 0 radical (unpaired) electrons. The average Bonchev–Trinajstić information content (AvgIpc) is 2.56. The Kier molecular flexibility index (Phi) is 6.53. The molecule has 0 heterocycles. The van der Waals surface area contributed by atoms with Gasteiger partial charge in [0.2, 0.25) is 0 Å². The molecule has 3 nitrogen and oxygen atoms in total. The minimum Gasteiger partial charge on any atom is -0.445 e. The highest BCUT2D eigenvalue weighted by Gasteiger charge is 2.01. The summed E-state index contributed by atoms with van der Waals surface area (Å²) in [5, 5.41) is 3.31. The summed E-state index contributed by atoms with van der Waals surface area (Å²) in [5.41, 5.74) is 2.87. The van der Waals surface area contributed by atoms with E-state index in [9.17, 15) is 4.79 Å². The fourth-order valence-electron chi connectivity index (χ4n) is 1.89. The Balaban J connectivity index is 1.70. The quantitative estimate of drug-likeness (QED) is 0.671. The smallest absolute Gasteiger partial charge is 0.407 e. The molecule has 0 aliphatic rings. The van der Waals surface area contributed by atoms with Crippen LogP contribution in [-0.4, -0.2) is 12.6 Å². The monoisotopic (exact) mass is 327 g/mol. The topological polar surface area (TPSA) is 38.3 Å². The van der Waals surface area contributed by atoms with Gasteiger partial charge in [-0.1, -0.05) is 59.8 Å². The molecule has 1 amide bonds. The van der Waals surface area contributed by atoms with E-state index in [1.165, 1.54) is 0 Å². The predicted molar refractivity (Wildman–Crippen MR) is 92.3 cm³/mol. The zero-order chi connectivity index (χ0) is 16.5. The number of rotatable bonds is 4. The van der Waals surface area contributed by atoms with Crippen molar-refractivity contribution in [1.29, 1.82) is 0 Å². The van der Waals surface area contributed by atoms with Crippen molar-refractivity contribution in [2.24, 2.45) is 0 Å². The van der Waals surface area contributed by atoms with Crippen molar-refractivity contribution in [2.45, 2.75) is 20.0 Å². The van der Waals surface area contributed by atoms with Crippen LogP contribution in [0.4, 0.5) is 4.79 Å². The number of ether oxygens (including phenoxy) is 1. The van der Waals surface area contributed by atoms with Gasteiger partial charge in [-0.25, -0.2) is 4.79 Å². The van der Waals surface area contributed by atoms with E-state index >= 15 is 0 Å². The summed E-state index contributed by atoms with van der Waals surface area (Å²) in [6.45, 7) is 2.69. The molecule has 1 N–H and O–H groups in total. The zero-order valence-corrected chi connectivity index (χ0v) is 13.7. The van der Waals surface area contributed by atoms with E-state index in [1.54, 1.807) is 0 Å². The van der Waals surface area contributed by atoms with E-state index in [-0.39, 0.29) is 6.61 Å². The normalized spacial score (nSPS) is 9.65. The highest BCUT2D eigenvalue weighted by molar-refractivity contribution is 6.31. The fourth-order valence-corrected chi connectivity index (χ4v) is 2.06. The van der Waals surface area contributed by atoms with Gasteiger partial charge in [0.05, 0.1) is 5.02 Å². The van der Waals surface area contributed by atoms with Crippen LogP contribution in [0.2, 0.25) is 5.02 Å². The molecular formula is C19H18ClNO2. The maximum atomic E-state index is 11.5. The van der Waals surface area contributed by atoms with Gasteiger partial charge in [0, 0.05) is 18.5 Å². The van der Waals surface area contributed by atoms with Crippen LogP contribution in [0.5, 0.6) is 0 Å². The summed E-state index contributed by atoms with van der Waals surface area (Å²) in [6, 6.07) is 15.3. The van der Waals surface area contributed by atoms with Crippen LogP contribution < -0.4 is 5.32 Å². The molecule has 2 rings (SSSR count). The summed E-state index contributed by atoms with van der Waals surface area (Å²) in [7, 11) is 0. The SMILES string of the molecule is Cc1ccc(Cl)c(C#CCCNC(=O)OCc2ccccc2)c1. The van der Waals surface area contributed by atoms with Crippen molar-refractivity contribution < 1.29 is 9.53 Å². The van der Waals surface area contributed by atoms with Crippen LogP contribution in [0.3, 0.4) is 0 Å². The van der Waals surface area contributed by atoms with E-state index in [4.69, 9.17) is 16.3 Å². The third-order valence-corrected chi connectivity index (χ3v) is 3.41. The number of alkyl carbamates (subject to hydrolysis) is 1. The lowest BCUT2D eigenvalue weighted by molar-refractivity contribution is 0.140. The van der Waals surface area contributed by atoms with Gasteiger partial charge in [0.1, 0.15) is 6.61 Å². The number of hydrogen-bond acceptors (Lipinski definition) is 2. The Bertz CT molecular complexity index is 717. The number of nitrogens with one attached hydrogen (secondary N) is 1. The Morgan fingerprint density at radius 2 is 2.00 bits per heavy atom. The molecule has 0 fully saturated rings. The maximum Gasteiger partial charge on any atom is 0.407 e. The second-order valence-corrected chi connectivity index (χ2v) is 5.43. The van der Waals surface area contributed by atoms with Crippen LogP contribution >= 0.6 is 11.6 Å². The number of amides is 1. The van der Waals surface area contributed by atoms with Crippen LogP contribution in [-0.2, 0) is 11.3 Å². The zero-order valence-electron chi connectivity index (χ0n) is 12.9. The summed E-state index contributed by atoms with van der Waals surface area (Å²) in [5.74, 6) is 6.01. The molecule has 118 valence electrons. The fraction of sp³-hybridized carbons (Fsp3) is 0.211. The highest BCUT2D eigenvalue weighted by Crippen LogP contribution is 2.15. The lowest BCUT2D eigenvalue weighted by Crippen LogP contribution is -2.24. The van der Waals surface area contributed by atoms with E-state index in [1.807, 2.05) is 55.5 Å². The molecule has 0 bridgehead atoms. The van der Waals surface area contributed by atoms with Crippen molar-refractivity contribution in [3.05, 3.63) is 70.2 Å². The molecular weight excluding hydrogens is 310 g/mol. The van der Waals surface area contributed by atoms with Gasteiger partial charge < -0.3 is 10.1 Å². The first-order valence-electron chi connectivity index (χ1n) is 7.35. The Hall–Kier alpha value is -2.44. The third kappa shape index (κ3) is 6.06. The molecule has 23 heavy (non-hydrogen) atoms. The van der Waals surface area contributed by atoms with Crippen molar-refractivity contribution in [3.63, 3.8) is 0 Å². The first-order chi connectivity index (χ1) is 11.1. The summed E-state index contributed by atoms with van der Waals surface area (Å²) < 4.78 is 5.11. The number of carbonyl (C=O) groups is 1. The molecule has 4 heteroatoms. The Labute approximate surface area is 141 Å². The van der Waals surface area contributed by atoms with Gasteiger partial charge in [0.15, 0.2) is 0 Å². The largest absolute Gasteiger partial charge is 0.445 e. The van der Waals surface area contributed by atoms with Gasteiger partial charge in [0.25, 0.3) is 0 Å². The molecule has 2 aromatic carbocycles. The first kappa shape index (κ1) is 16.9. The second-order valence-electron chi connectivity index (χ2n) is 5.02. The number of carbonyl (C=O) groups excluding carboxylic acids is 1. The minimum absolute atomic E-state index is 0.261. The molecule has 0 aliphatic heterocycles. The average molecular weight is 328 g/mol. The highest BCUT2D eigenvalue weighted by atomic mass is 35.5. The summed E-state index contributed by atoms with van der Waals surface area (Å²) in [6.07, 6.45) is 0.0919. The summed E-state index contributed by atoms with van der Waals surface area (Å²) >= 11 is 6.07. The second kappa shape index (κ2) is 8.87. The van der Waals surface area contributed by atoms with Gasteiger partial charge >= 0.3 is 6.09 Å². The van der Waals surface area contributed by atoms with Crippen LogP contribution in [0.1, 0.15) is 23.1 Å². The Morgan fingerprint density at radius 3 is 2.78 bits per heavy atom. The number of halogens is 1. The van der Waals surface area contributed by atoms with Crippen LogP contribution in [0.25, 0.3) is 0 Å². The predicted octanol–water partition coefficient (Wildman–Crippen LogP) is 4.32. The standard InChI is InChI=1S/C19H18ClNO2/c1-15-10-11-18(20)17(13-15)9-5-6-12-21-19(22)23-14-16-7-3-2-4-8-16/h2-4,7-8,10-11,13H,6,12,14H2,1H3,(H,21,22). The van der Waals surface area contributed by atoms with Crippen LogP contribution in [0.15, 0.2) is 48.5 Å². The first-order valence-corrected chi connectivity index (χ1v) is 7.72. The maximum absolute atomic E-state index is 11.5. The van der Waals surface area contributed by atoms with Crippen LogP contribution in [0, 0.1) is 18.8 Å². The van der Waals surface area contributed by atoms with E-state index < -0.39 is 6.09 Å². The molecule has 0 saturated heterocycles. The third-order valence-electron chi connectivity index (χ3n) is 3.08. The van der Waals surface area contributed by atoms with Gasteiger partial charge in [-0.2, -0.15) is 0 Å². The number of hydrogen-bond donors (Lipinski definition) is 1. The molecule has 0 atom stereocenters. The molecule has 0 saturated carbocycles. The molecule has 0 aromatic heterocycles. The van der Waals surface area contributed by atoms with Crippen molar-refractivity contribution in [3.8, 4) is 11.8 Å². The molecule has 2 aromatic rings. The number of aryl methyl sites for hydroxylation is 1. The van der Waals surface area contributed by atoms with Gasteiger partial charge in [-0.3, -0.25) is 0 Å². The van der Waals surface area contributed by atoms with E-state index in [0.717, 1.165) is 16.7 Å². The van der Waals surface area contributed by atoms with Crippen molar-refractivity contribution in [2.75, 3.05) is 6.54 Å².